The van der Waals surface area contributed by atoms with E-state index in [0.29, 0.717) is 38.2 Å². The summed E-state index contributed by atoms with van der Waals surface area (Å²) in [7, 11) is 1.60. The number of nitrogens with zero attached hydrogens (tertiary/aromatic N) is 3. The van der Waals surface area contributed by atoms with Crippen molar-refractivity contribution in [2.45, 2.75) is 13.3 Å². The second kappa shape index (κ2) is 12.3. The van der Waals surface area contributed by atoms with E-state index in [1.165, 1.54) is 6.07 Å². The number of ether oxygens (including phenoxy) is 1. The van der Waals surface area contributed by atoms with Crippen LogP contribution in [0.25, 0.3) is 0 Å². The van der Waals surface area contributed by atoms with Crippen molar-refractivity contribution in [3.8, 4) is 0 Å². The number of piperazine rings is 1. The van der Waals surface area contributed by atoms with Gasteiger partial charge in [0.15, 0.2) is 5.96 Å². The van der Waals surface area contributed by atoms with Crippen molar-refractivity contribution in [1.29, 1.82) is 0 Å². The summed E-state index contributed by atoms with van der Waals surface area (Å²) in [4.78, 5) is 20.7. The summed E-state index contributed by atoms with van der Waals surface area (Å²) in [6.07, 6.45) is 0.333. The van der Waals surface area contributed by atoms with Crippen molar-refractivity contribution in [2.24, 2.45) is 4.99 Å². The fourth-order valence-corrected chi connectivity index (χ4v) is 3.11. The maximum absolute atomic E-state index is 13.8. The zero-order chi connectivity index (χ0) is 21.1. The third-order valence-electron chi connectivity index (χ3n) is 4.65. The highest BCUT2D eigenvalue weighted by molar-refractivity contribution is 5.80. The number of benzene rings is 1. The Balaban J connectivity index is 1.82. The van der Waals surface area contributed by atoms with Gasteiger partial charge in [-0.15, -0.1) is 0 Å². The van der Waals surface area contributed by atoms with Crippen LogP contribution in [0.4, 0.5) is 8.78 Å². The van der Waals surface area contributed by atoms with Gasteiger partial charge < -0.3 is 20.3 Å². The Kier molecular flexibility index (Phi) is 9.79. The maximum Gasteiger partial charge on any atom is 0.234 e. The average molecular weight is 411 g/mol. The van der Waals surface area contributed by atoms with E-state index in [4.69, 9.17) is 4.74 Å². The number of guanidine groups is 1. The molecule has 2 rings (SSSR count). The van der Waals surface area contributed by atoms with Crippen LogP contribution in [-0.4, -0.2) is 87.7 Å². The molecule has 1 aliphatic rings. The van der Waals surface area contributed by atoms with E-state index in [-0.39, 0.29) is 5.91 Å². The topological polar surface area (TPSA) is 69.2 Å². The Morgan fingerprint density at radius 1 is 1.21 bits per heavy atom. The molecular weight excluding hydrogens is 380 g/mol. The Bertz CT molecular complexity index is 679. The first-order chi connectivity index (χ1) is 14.0. The van der Waals surface area contributed by atoms with Gasteiger partial charge in [0.25, 0.3) is 0 Å². The molecular formula is C20H31F2N5O2. The standard InChI is InChI=1S/C20H31F2N5O2/c1-3-23-20(25-7-6-16-14-17(21)4-5-18(16)22)27-11-9-26(10-12-27)15-19(28)24-8-13-29-2/h4-5,14H,3,6-13,15H2,1-2H3,(H,23,25)(H,24,28). The maximum atomic E-state index is 13.8. The van der Waals surface area contributed by atoms with E-state index in [9.17, 15) is 13.6 Å². The van der Waals surface area contributed by atoms with Crippen molar-refractivity contribution in [1.82, 2.24) is 20.4 Å². The molecule has 9 heteroatoms. The van der Waals surface area contributed by atoms with Gasteiger partial charge in [0.1, 0.15) is 11.6 Å². The van der Waals surface area contributed by atoms with Crippen LogP contribution in [0.3, 0.4) is 0 Å². The van der Waals surface area contributed by atoms with Crippen molar-refractivity contribution in [3.05, 3.63) is 35.4 Å². The molecule has 1 amide bonds. The SMILES string of the molecule is CCNC(=NCCc1cc(F)ccc1F)N1CCN(CC(=O)NCCOC)CC1. The summed E-state index contributed by atoms with van der Waals surface area (Å²) in [6, 6.07) is 3.47. The van der Waals surface area contributed by atoms with Crippen LogP contribution < -0.4 is 10.6 Å². The van der Waals surface area contributed by atoms with E-state index < -0.39 is 11.6 Å². The van der Waals surface area contributed by atoms with Gasteiger partial charge in [0, 0.05) is 52.9 Å². The molecule has 0 atom stereocenters. The van der Waals surface area contributed by atoms with Crippen LogP contribution in [0.5, 0.6) is 0 Å². The number of carbonyl (C=O) groups excluding carboxylic acids is 1. The minimum atomic E-state index is -0.445. The number of amides is 1. The average Bonchev–Trinajstić information content (AvgIpc) is 2.71. The number of halogens is 2. The summed E-state index contributed by atoms with van der Waals surface area (Å²) in [5.41, 5.74) is 0.328. The second-order valence-corrected chi connectivity index (χ2v) is 6.83. The van der Waals surface area contributed by atoms with Gasteiger partial charge in [-0.3, -0.25) is 14.7 Å². The first-order valence-electron chi connectivity index (χ1n) is 9.98. The highest BCUT2D eigenvalue weighted by atomic mass is 19.1. The van der Waals surface area contributed by atoms with Gasteiger partial charge in [-0.25, -0.2) is 8.78 Å². The molecule has 1 aromatic carbocycles. The van der Waals surface area contributed by atoms with E-state index >= 15 is 0 Å². The first-order valence-corrected chi connectivity index (χ1v) is 9.98. The van der Waals surface area contributed by atoms with Crippen molar-refractivity contribution in [3.63, 3.8) is 0 Å². The van der Waals surface area contributed by atoms with Crippen LogP contribution in [0.2, 0.25) is 0 Å². The predicted octanol–water partition coefficient (Wildman–Crippen LogP) is 0.853. The Hall–Kier alpha value is -2.26. The van der Waals surface area contributed by atoms with E-state index in [1.54, 1.807) is 7.11 Å². The summed E-state index contributed by atoms with van der Waals surface area (Å²) in [5.74, 6) is -0.106. The lowest BCUT2D eigenvalue weighted by Crippen LogP contribution is -2.54. The highest BCUT2D eigenvalue weighted by Crippen LogP contribution is 2.10. The normalized spacial score (nSPS) is 15.4. The van der Waals surface area contributed by atoms with Gasteiger partial charge in [-0.2, -0.15) is 0 Å². The van der Waals surface area contributed by atoms with Gasteiger partial charge in [-0.1, -0.05) is 0 Å². The monoisotopic (exact) mass is 411 g/mol. The lowest BCUT2D eigenvalue weighted by atomic mass is 10.1. The smallest absolute Gasteiger partial charge is 0.234 e. The molecule has 0 aromatic heterocycles. The van der Waals surface area contributed by atoms with Crippen LogP contribution in [0.15, 0.2) is 23.2 Å². The van der Waals surface area contributed by atoms with Gasteiger partial charge >= 0.3 is 0 Å². The minimum absolute atomic E-state index is 0.00630. The number of nitrogens with one attached hydrogen (secondary N) is 2. The number of methoxy groups -OCH3 is 1. The van der Waals surface area contributed by atoms with E-state index in [0.717, 1.165) is 50.8 Å². The Morgan fingerprint density at radius 3 is 2.66 bits per heavy atom. The molecule has 1 heterocycles. The quantitative estimate of drug-likeness (QED) is 0.358. The largest absolute Gasteiger partial charge is 0.383 e. The molecule has 29 heavy (non-hydrogen) atoms. The Labute approximate surface area is 171 Å². The lowest BCUT2D eigenvalue weighted by Gasteiger charge is -2.36. The van der Waals surface area contributed by atoms with Crippen molar-refractivity contribution >= 4 is 11.9 Å². The fourth-order valence-electron chi connectivity index (χ4n) is 3.11. The molecule has 1 saturated heterocycles. The summed E-state index contributed by atoms with van der Waals surface area (Å²) in [6.45, 7) is 7.44. The van der Waals surface area contributed by atoms with Crippen molar-refractivity contribution < 1.29 is 18.3 Å². The zero-order valence-electron chi connectivity index (χ0n) is 17.2. The number of hydrogen-bond donors (Lipinski definition) is 2. The summed E-state index contributed by atoms with van der Waals surface area (Å²) in [5, 5.41) is 6.08. The zero-order valence-corrected chi connectivity index (χ0v) is 17.2. The molecule has 2 N–H and O–H groups in total. The van der Waals surface area contributed by atoms with E-state index in [2.05, 4.69) is 25.4 Å². The third kappa shape index (κ3) is 7.94. The lowest BCUT2D eigenvalue weighted by molar-refractivity contribution is -0.122. The van der Waals surface area contributed by atoms with Crippen LogP contribution in [-0.2, 0) is 16.0 Å². The molecule has 0 unspecified atom stereocenters. The van der Waals surface area contributed by atoms with Crippen LogP contribution in [0.1, 0.15) is 12.5 Å². The number of hydrogen-bond acceptors (Lipinski definition) is 4. The first kappa shape index (κ1) is 23.0. The molecule has 162 valence electrons. The summed E-state index contributed by atoms with van der Waals surface area (Å²) < 4.78 is 32.0. The van der Waals surface area contributed by atoms with E-state index in [1.807, 2.05) is 6.92 Å². The second-order valence-electron chi connectivity index (χ2n) is 6.83. The molecule has 0 spiro atoms. The predicted molar refractivity (Wildman–Crippen MR) is 109 cm³/mol. The molecule has 1 aliphatic heterocycles. The Morgan fingerprint density at radius 2 is 1.97 bits per heavy atom. The van der Waals surface area contributed by atoms with Gasteiger partial charge in [0.2, 0.25) is 5.91 Å². The van der Waals surface area contributed by atoms with Gasteiger partial charge in [0.05, 0.1) is 13.2 Å². The number of aliphatic imine (C=N–C) groups is 1. The van der Waals surface area contributed by atoms with Gasteiger partial charge in [-0.05, 0) is 37.1 Å². The number of carbonyl (C=O) groups is 1. The number of rotatable bonds is 9. The summed E-state index contributed by atoms with van der Waals surface area (Å²) >= 11 is 0. The molecule has 0 bridgehead atoms. The van der Waals surface area contributed by atoms with Crippen molar-refractivity contribution in [2.75, 3.05) is 66.1 Å². The third-order valence-corrected chi connectivity index (χ3v) is 4.65. The molecule has 0 radical (unpaired) electrons. The molecule has 1 aromatic rings. The highest BCUT2D eigenvalue weighted by Gasteiger charge is 2.21. The molecule has 7 nitrogen and oxygen atoms in total. The molecule has 1 fully saturated rings. The fraction of sp³-hybridized carbons (Fsp3) is 0.600. The molecule has 0 saturated carbocycles. The van der Waals surface area contributed by atoms with Crippen LogP contribution in [0, 0.1) is 11.6 Å². The minimum Gasteiger partial charge on any atom is -0.383 e. The van der Waals surface area contributed by atoms with Crippen LogP contribution >= 0.6 is 0 Å². The molecule has 0 aliphatic carbocycles.